The van der Waals surface area contributed by atoms with Crippen molar-refractivity contribution in [1.29, 1.82) is 0 Å². The number of aromatic nitrogens is 4. The number of anilines is 1. The summed E-state index contributed by atoms with van der Waals surface area (Å²) in [6.07, 6.45) is 3.46. The third kappa shape index (κ3) is 3.08. The molecule has 0 bridgehead atoms. The molecule has 0 saturated carbocycles. The fraction of sp³-hybridized carbons (Fsp3) is 0.250. The number of amides is 1. The minimum atomic E-state index is -0.353. The van der Waals surface area contributed by atoms with E-state index in [-0.39, 0.29) is 23.5 Å². The van der Waals surface area contributed by atoms with Crippen LogP contribution >= 0.6 is 0 Å². The van der Waals surface area contributed by atoms with Gasteiger partial charge in [-0.15, -0.1) is 10.2 Å². The number of carbonyl (C=O) groups excluding carboxylic acids is 1. The van der Waals surface area contributed by atoms with Crippen molar-refractivity contribution in [3.8, 4) is 11.5 Å². The number of imidazole rings is 1. The molecule has 0 atom stereocenters. The predicted molar refractivity (Wildman–Crippen MR) is 86.4 cm³/mol. The molecule has 0 radical (unpaired) electrons. The van der Waals surface area contributed by atoms with Gasteiger partial charge in [-0.2, -0.15) is 0 Å². The molecule has 0 spiro atoms. The molecule has 1 N–H and O–H groups in total. The molecule has 25 heavy (non-hydrogen) atoms. The molecule has 1 fully saturated rings. The SMILES string of the molecule is O=C(c1nnc(-c2ccc(F)cc2)o1)N1CCN(c2ncc[nH]2)CC1. The highest BCUT2D eigenvalue weighted by atomic mass is 19.1. The van der Waals surface area contributed by atoms with Crippen molar-refractivity contribution >= 4 is 11.9 Å². The van der Waals surface area contributed by atoms with Crippen molar-refractivity contribution in [3.63, 3.8) is 0 Å². The first-order chi connectivity index (χ1) is 12.2. The summed E-state index contributed by atoms with van der Waals surface area (Å²) in [5.74, 6) is 0.265. The Hall–Kier alpha value is -3.23. The normalized spacial score (nSPS) is 14.8. The van der Waals surface area contributed by atoms with Crippen LogP contribution in [0.2, 0.25) is 0 Å². The molecule has 9 heteroatoms. The standard InChI is InChI=1S/C16H15FN6O2/c17-12-3-1-11(2-4-12)13-20-21-14(25-13)15(24)22-7-9-23(10-8-22)16-18-5-6-19-16/h1-6H,7-10H2,(H,18,19). The van der Waals surface area contributed by atoms with Crippen LogP contribution in [0, 0.1) is 5.82 Å². The topological polar surface area (TPSA) is 91.2 Å². The average Bonchev–Trinajstić information content (AvgIpc) is 3.34. The van der Waals surface area contributed by atoms with Crippen LogP contribution < -0.4 is 4.90 Å². The van der Waals surface area contributed by atoms with E-state index in [2.05, 4.69) is 25.1 Å². The van der Waals surface area contributed by atoms with Gasteiger partial charge in [-0.3, -0.25) is 4.79 Å². The van der Waals surface area contributed by atoms with Crippen LogP contribution in [0.5, 0.6) is 0 Å². The molecule has 1 aliphatic heterocycles. The lowest BCUT2D eigenvalue weighted by Crippen LogP contribution is -2.49. The van der Waals surface area contributed by atoms with Crippen LogP contribution in [0.4, 0.5) is 10.3 Å². The summed E-state index contributed by atoms with van der Waals surface area (Å²) in [5.41, 5.74) is 0.565. The Morgan fingerprint density at radius 3 is 2.56 bits per heavy atom. The maximum Gasteiger partial charge on any atom is 0.311 e. The van der Waals surface area contributed by atoms with Gasteiger partial charge in [0.2, 0.25) is 11.8 Å². The van der Waals surface area contributed by atoms with Gasteiger partial charge < -0.3 is 19.2 Å². The van der Waals surface area contributed by atoms with Crippen LogP contribution in [0.3, 0.4) is 0 Å². The van der Waals surface area contributed by atoms with Crippen molar-refractivity contribution in [2.75, 3.05) is 31.1 Å². The van der Waals surface area contributed by atoms with Crippen LogP contribution in [0.15, 0.2) is 41.1 Å². The second-order valence-corrected chi connectivity index (χ2v) is 5.61. The maximum atomic E-state index is 13.0. The van der Waals surface area contributed by atoms with Crippen LogP contribution in [-0.4, -0.2) is 57.2 Å². The molecule has 1 amide bonds. The van der Waals surface area contributed by atoms with E-state index in [9.17, 15) is 9.18 Å². The predicted octanol–water partition coefficient (Wildman–Crippen LogP) is 1.56. The number of rotatable bonds is 3. The number of halogens is 1. The molecule has 4 rings (SSSR count). The fourth-order valence-electron chi connectivity index (χ4n) is 2.71. The Balaban J connectivity index is 1.43. The number of nitrogens with one attached hydrogen (secondary N) is 1. The summed E-state index contributed by atoms with van der Waals surface area (Å²) < 4.78 is 18.4. The Kier molecular flexibility index (Phi) is 3.88. The molecule has 2 aromatic heterocycles. The zero-order valence-electron chi connectivity index (χ0n) is 13.2. The van der Waals surface area contributed by atoms with E-state index in [1.807, 2.05) is 0 Å². The van der Waals surface area contributed by atoms with Gasteiger partial charge in [0.25, 0.3) is 0 Å². The average molecular weight is 342 g/mol. The second kappa shape index (κ2) is 6.34. The molecular weight excluding hydrogens is 327 g/mol. The molecule has 3 aromatic rings. The Labute approximate surface area is 142 Å². The zero-order chi connectivity index (χ0) is 17.2. The van der Waals surface area contributed by atoms with E-state index in [1.165, 1.54) is 24.3 Å². The third-order valence-electron chi connectivity index (χ3n) is 4.05. The summed E-state index contributed by atoms with van der Waals surface area (Å²) in [6, 6.07) is 5.65. The second-order valence-electron chi connectivity index (χ2n) is 5.61. The van der Waals surface area contributed by atoms with Crippen molar-refractivity contribution in [2.45, 2.75) is 0 Å². The van der Waals surface area contributed by atoms with E-state index in [0.717, 1.165) is 5.95 Å². The van der Waals surface area contributed by atoms with Gasteiger partial charge in [0.1, 0.15) is 5.82 Å². The molecule has 3 heterocycles. The lowest BCUT2D eigenvalue weighted by molar-refractivity contribution is 0.0706. The van der Waals surface area contributed by atoms with Crippen molar-refractivity contribution in [3.05, 3.63) is 48.4 Å². The molecule has 0 unspecified atom stereocenters. The highest BCUT2D eigenvalue weighted by Crippen LogP contribution is 2.19. The van der Waals surface area contributed by atoms with E-state index in [0.29, 0.717) is 31.7 Å². The minimum absolute atomic E-state index is 0.0641. The number of benzene rings is 1. The summed E-state index contributed by atoms with van der Waals surface area (Å²) in [5, 5.41) is 7.70. The molecule has 1 aromatic carbocycles. The number of aromatic amines is 1. The quantitative estimate of drug-likeness (QED) is 0.777. The lowest BCUT2D eigenvalue weighted by atomic mass is 10.2. The summed E-state index contributed by atoms with van der Waals surface area (Å²) in [6.45, 7) is 2.40. The van der Waals surface area contributed by atoms with Gasteiger partial charge in [0, 0.05) is 44.1 Å². The third-order valence-corrected chi connectivity index (χ3v) is 4.05. The van der Waals surface area contributed by atoms with Gasteiger partial charge in [0.15, 0.2) is 0 Å². The summed E-state index contributed by atoms with van der Waals surface area (Å²) in [7, 11) is 0. The smallest absolute Gasteiger partial charge is 0.311 e. The summed E-state index contributed by atoms with van der Waals surface area (Å²) >= 11 is 0. The Bertz CT molecular complexity index is 853. The first-order valence-corrected chi connectivity index (χ1v) is 7.84. The highest BCUT2D eigenvalue weighted by Gasteiger charge is 2.27. The number of nitrogens with zero attached hydrogens (tertiary/aromatic N) is 5. The maximum absolute atomic E-state index is 13.0. The molecular formula is C16H15FN6O2. The summed E-state index contributed by atoms with van der Waals surface area (Å²) in [4.78, 5) is 23.5. The lowest BCUT2D eigenvalue weighted by Gasteiger charge is -2.33. The van der Waals surface area contributed by atoms with E-state index in [4.69, 9.17) is 4.42 Å². The zero-order valence-corrected chi connectivity index (χ0v) is 13.2. The first kappa shape index (κ1) is 15.3. The van der Waals surface area contributed by atoms with Gasteiger partial charge in [-0.25, -0.2) is 9.37 Å². The molecule has 8 nitrogen and oxygen atoms in total. The number of piperazine rings is 1. The van der Waals surface area contributed by atoms with Crippen LogP contribution in [0.1, 0.15) is 10.7 Å². The Morgan fingerprint density at radius 1 is 1.12 bits per heavy atom. The van der Waals surface area contributed by atoms with E-state index in [1.54, 1.807) is 17.3 Å². The monoisotopic (exact) mass is 342 g/mol. The van der Waals surface area contributed by atoms with Crippen LogP contribution in [-0.2, 0) is 0 Å². The number of hydrogen-bond acceptors (Lipinski definition) is 6. The molecule has 1 saturated heterocycles. The van der Waals surface area contributed by atoms with Crippen LogP contribution in [0.25, 0.3) is 11.5 Å². The minimum Gasteiger partial charge on any atom is -0.412 e. The molecule has 1 aliphatic rings. The molecule has 128 valence electrons. The fourth-order valence-corrected chi connectivity index (χ4v) is 2.71. The number of H-pyrrole nitrogens is 1. The van der Waals surface area contributed by atoms with E-state index < -0.39 is 0 Å². The number of hydrogen-bond donors (Lipinski definition) is 1. The number of carbonyl (C=O) groups is 1. The van der Waals surface area contributed by atoms with Gasteiger partial charge >= 0.3 is 11.8 Å². The molecule has 0 aliphatic carbocycles. The van der Waals surface area contributed by atoms with Crippen molar-refractivity contribution < 1.29 is 13.6 Å². The van der Waals surface area contributed by atoms with Gasteiger partial charge in [-0.1, -0.05) is 0 Å². The largest absolute Gasteiger partial charge is 0.412 e. The van der Waals surface area contributed by atoms with Crippen molar-refractivity contribution in [1.82, 2.24) is 25.1 Å². The Morgan fingerprint density at radius 2 is 1.88 bits per heavy atom. The van der Waals surface area contributed by atoms with Gasteiger partial charge in [-0.05, 0) is 24.3 Å². The van der Waals surface area contributed by atoms with E-state index >= 15 is 0 Å². The van der Waals surface area contributed by atoms with Gasteiger partial charge in [0.05, 0.1) is 0 Å². The highest BCUT2D eigenvalue weighted by molar-refractivity contribution is 5.90. The van der Waals surface area contributed by atoms with Crippen molar-refractivity contribution in [2.24, 2.45) is 0 Å². The first-order valence-electron chi connectivity index (χ1n) is 7.84.